The fraction of sp³-hybridized carbons (Fsp3) is 0.263. The Bertz CT molecular complexity index is 906. The number of para-hydroxylation sites is 1. The zero-order valence-corrected chi connectivity index (χ0v) is 16.4. The van der Waals surface area contributed by atoms with E-state index in [1.807, 2.05) is 77.9 Å². The summed E-state index contributed by atoms with van der Waals surface area (Å²) in [5.74, 6) is 1.70. The average molecular weight is 389 g/mol. The Morgan fingerprint density at radius 3 is 2.50 bits per heavy atom. The van der Waals surface area contributed by atoms with Crippen LogP contribution in [-0.2, 0) is 13.7 Å². The molecule has 0 amide bonds. The topological polar surface area (TPSA) is 35.2 Å². The third-order valence-electron chi connectivity index (χ3n) is 4.00. The van der Waals surface area contributed by atoms with Gasteiger partial charge in [-0.05, 0) is 55.7 Å². The standard InChI is InChI=1S/C19H21ClN4OS/c1-22(12-13-25-17-6-4-3-5-7-17)14-24-19(26)23(2)18(21-24)15-8-10-16(20)11-9-15/h3-11H,12-14H2,1-2H3. The van der Waals surface area contributed by atoms with Crippen LogP contribution in [0.3, 0.4) is 0 Å². The normalized spacial score (nSPS) is 11.1. The van der Waals surface area contributed by atoms with Crippen LogP contribution < -0.4 is 4.74 Å². The number of ether oxygens (including phenoxy) is 1. The molecule has 0 saturated carbocycles. The number of nitrogens with zero attached hydrogens (tertiary/aromatic N) is 4. The number of rotatable bonds is 7. The minimum atomic E-state index is 0.596. The Labute approximate surface area is 163 Å². The van der Waals surface area contributed by atoms with Crippen LogP contribution in [0.5, 0.6) is 5.75 Å². The molecule has 0 aliphatic carbocycles. The molecule has 1 heterocycles. The summed E-state index contributed by atoms with van der Waals surface area (Å²) in [7, 11) is 3.95. The first-order valence-electron chi connectivity index (χ1n) is 8.31. The molecule has 0 bridgehead atoms. The van der Waals surface area contributed by atoms with E-state index in [1.54, 1.807) is 0 Å². The van der Waals surface area contributed by atoms with Crippen LogP contribution in [-0.4, -0.2) is 39.4 Å². The number of aromatic nitrogens is 3. The molecule has 0 atom stereocenters. The lowest BCUT2D eigenvalue weighted by atomic mass is 10.2. The van der Waals surface area contributed by atoms with Gasteiger partial charge in [-0.25, -0.2) is 4.68 Å². The van der Waals surface area contributed by atoms with Gasteiger partial charge >= 0.3 is 0 Å². The van der Waals surface area contributed by atoms with E-state index < -0.39 is 0 Å². The Balaban J connectivity index is 1.63. The SMILES string of the molecule is CN(CCOc1ccccc1)Cn1nc(-c2ccc(Cl)cc2)n(C)c1=S. The van der Waals surface area contributed by atoms with Crippen molar-refractivity contribution in [2.75, 3.05) is 20.2 Å². The molecule has 7 heteroatoms. The van der Waals surface area contributed by atoms with Gasteiger partial charge in [0.25, 0.3) is 0 Å². The molecule has 0 unspecified atom stereocenters. The molecular weight excluding hydrogens is 368 g/mol. The van der Waals surface area contributed by atoms with Crippen molar-refractivity contribution in [3.63, 3.8) is 0 Å². The second kappa shape index (κ2) is 8.49. The third-order valence-corrected chi connectivity index (χ3v) is 4.74. The molecule has 0 saturated heterocycles. The maximum Gasteiger partial charge on any atom is 0.199 e. The summed E-state index contributed by atoms with van der Waals surface area (Å²) in [4.78, 5) is 2.12. The van der Waals surface area contributed by atoms with Gasteiger partial charge < -0.3 is 9.30 Å². The molecule has 3 rings (SSSR count). The van der Waals surface area contributed by atoms with Gasteiger partial charge in [-0.15, -0.1) is 0 Å². The van der Waals surface area contributed by atoms with Gasteiger partial charge in [0.1, 0.15) is 12.4 Å². The molecule has 0 aliphatic heterocycles. The maximum absolute atomic E-state index is 5.97. The van der Waals surface area contributed by atoms with Crippen LogP contribution in [0.2, 0.25) is 5.02 Å². The molecular formula is C19H21ClN4OS. The summed E-state index contributed by atoms with van der Waals surface area (Å²) < 4.78 is 10.1. The second-order valence-electron chi connectivity index (χ2n) is 6.05. The highest BCUT2D eigenvalue weighted by Gasteiger charge is 2.11. The van der Waals surface area contributed by atoms with Crippen molar-refractivity contribution in [2.45, 2.75) is 6.67 Å². The minimum Gasteiger partial charge on any atom is -0.492 e. The first-order valence-corrected chi connectivity index (χ1v) is 9.09. The molecule has 1 aromatic heterocycles. The molecule has 26 heavy (non-hydrogen) atoms. The van der Waals surface area contributed by atoms with E-state index >= 15 is 0 Å². The van der Waals surface area contributed by atoms with Gasteiger partial charge in [0, 0.05) is 24.2 Å². The van der Waals surface area contributed by atoms with E-state index in [-0.39, 0.29) is 0 Å². The van der Waals surface area contributed by atoms with Crippen molar-refractivity contribution in [3.05, 3.63) is 64.4 Å². The predicted octanol–water partition coefficient (Wildman–Crippen LogP) is 4.24. The van der Waals surface area contributed by atoms with Crippen LogP contribution in [0.4, 0.5) is 0 Å². The van der Waals surface area contributed by atoms with Gasteiger partial charge in [0.05, 0.1) is 6.67 Å². The van der Waals surface area contributed by atoms with Crippen molar-refractivity contribution >= 4 is 23.8 Å². The zero-order valence-electron chi connectivity index (χ0n) is 14.8. The predicted molar refractivity (Wildman–Crippen MR) is 107 cm³/mol. The first-order chi connectivity index (χ1) is 12.5. The molecule has 5 nitrogen and oxygen atoms in total. The van der Waals surface area contributed by atoms with Crippen molar-refractivity contribution < 1.29 is 4.74 Å². The number of likely N-dealkylation sites (N-methyl/N-ethyl adjacent to an activating group) is 1. The summed E-state index contributed by atoms with van der Waals surface area (Å²) in [5.41, 5.74) is 0.983. The molecule has 0 fully saturated rings. The Morgan fingerprint density at radius 1 is 1.12 bits per heavy atom. The van der Waals surface area contributed by atoms with Crippen LogP contribution in [0.1, 0.15) is 0 Å². The van der Waals surface area contributed by atoms with Gasteiger partial charge in [0.2, 0.25) is 0 Å². The van der Waals surface area contributed by atoms with Crippen molar-refractivity contribution in [3.8, 4) is 17.1 Å². The largest absolute Gasteiger partial charge is 0.492 e. The molecule has 3 aromatic rings. The van der Waals surface area contributed by atoms with Crippen molar-refractivity contribution in [1.82, 2.24) is 19.2 Å². The quantitative estimate of drug-likeness (QED) is 0.567. The molecule has 0 spiro atoms. The maximum atomic E-state index is 5.97. The average Bonchev–Trinajstić information content (AvgIpc) is 2.92. The van der Waals surface area contributed by atoms with Crippen LogP contribution >= 0.6 is 23.8 Å². The van der Waals surface area contributed by atoms with Crippen LogP contribution in [0.15, 0.2) is 54.6 Å². The summed E-state index contributed by atoms with van der Waals surface area (Å²) in [6.45, 7) is 1.96. The smallest absolute Gasteiger partial charge is 0.199 e. The van der Waals surface area contributed by atoms with Crippen LogP contribution in [0, 0.1) is 4.77 Å². The summed E-state index contributed by atoms with van der Waals surface area (Å²) >= 11 is 11.5. The van der Waals surface area contributed by atoms with E-state index in [0.29, 0.717) is 23.1 Å². The zero-order chi connectivity index (χ0) is 18.5. The molecule has 0 radical (unpaired) electrons. The number of benzene rings is 2. The lowest BCUT2D eigenvalue weighted by molar-refractivity contribution is 0.198. The molecule has 136 valence electrons. The fourth-order valence-electron chi connectivity index (χ4n) is 2.57. The van der Waals surface area contributed by atoms with Gasteiger partial charge in [-0.2, -0.15) is 5.10 Å². The van der Waals surface area contributed by atoms with Crippen molar-refractivity contribution in [2.24, 2.45) is 7.05 Å². The van der Waals surface area contributed by atoms with E-state index in [0.717, 1.165) is 23.7 Å². The monoisotopic (exact) mass is 388 g/mol. The van der Waals surface area contributed by atoms with E-state index in [2.05, 4.69) is 10.00 Å². The lowest BCUT2D eigenvalue weighted by Gasteiger charge is -2.16. The van der Waals surface area contributed by atoms with Crippen LogP contribution in [0.25, 0.3) is 11.4 Å². The van der Waals surface area contributed by atoms with Gasteiger partial charge in [-0.3, -0.25) is 4.90 Å². The minimum absolute atomic E-state index is 0.596. The number of hydrogen-bond acceptors (Lipinski definition) is 4. The Morgan fingerprint density at radius 2 is 1.81 bits per heavy atom. The molecule has 0 aliphatic rings. The molecule has 0 N–H and O–H groups in total. The third kappa shape index (κ3) is 4.52. The highest BCUT2D eigenvalue weighted by Crippen LogP contribution is 2.20. The van der Waals surface area contributed by atoms with Crippen molar-refractivity contribution in [1.29, 1.82) is 0 Å². The van der Waals surface area contributed by atoms with E-state index in [1.165, 1.54) is 0 Å². The van der Waals surface area contributed by atoms with Gasteiger partial charge in [0.15, 0.2) is 10.6 Å². The number of halogens is 1. The highest BCUT2D eigenvalue weighted by molar-refractivity contribution is 7.71. The summed E-state index contributed by atoms with van der Waals surface area (Å²) in [6.07, 6.45) is 0. The summed E-state index contributed by atoms with van der Waals surface area (Å²) in [5, 5.41) is 5.37. The van der Waals surface area contributed by atoms with Gasteiger partial charge in [-0.1, -0.05) is 29.8 Å². The Hall–Kier alpha value is -2.15. The summed E-state index contributed by atoms with van der Waals surface area (Å²) in [6, 6.07) is 17.4. The lowest BCUT2D eigenvalue weighted by Crippen LogP contribution is -2.27. The van der Waals surface area contributed by atoms with E-state index in [4.69, 9.17) is 28.6 Å². The number of hydrogen-bond donors (Lipinski definition) is 0. The van der Waals surface area contributed by atoms with E-state index in [9.17, 15) is 0 Å². The highest BCUT2D eigenvalue weighted by atomic mass is 35.5. The first kappa shape index (κ1) is 18.6. The Kier molecular flexibility index (Phi) is 6.08. The second-order valence-corrected chi connectivity index (χ2v) is 6.86. The molecule has 2 aromatic carbocycles. The fourth-order valence-corrected chi connectivity index (χ4v) is 2.88.